The topological polar surface area (TPSA) is 59.2 Å². The van der Waals surface area contributed by atoms with Crippen molar-refractivity contribution in [3.8, 4) is 5.75 Å². The highest BCUT2D eigenvalue weighted by Crippen LogP contribution is 2.31. The fourth-order valence-corrected chi connectivity index (χ4v) is 3.18. The summed E-state index contributed by atoms with van der Waals surface area (Å²) in [6, 6.07) is 5.10. The zero-order chi connectivity index (χ0) is 11.9. The van der Waals surface area contributed by atoms with Crippen LogP contribution in [0, 0.1) is 6.92 Å². The van der Waals surface area contributed by atoms with Crippen molar-refractivity contribution < 1.29 is 13.2 Å². The lowest BCUT2D eigenvalue weighted by Crippen LogP contribution is -1.91. The third-order valence-electron chi connectivity index (χ3n) is 2.38. The van der Waals surface area contributed by atoms with Gasteiger partial charge in [-0.25, -0.2) is 8.42 Å². The highest BCUT2D eigenvalue weighted by Gasteiger charge is 2.19. The van der Waals surface area contributed by atoms with Crippen LogP contribution >= 0.6 is 10.7 Å². The van der Waals surface area contributed by atoms with Crippen LogP contribution in [-0.2, 0) is 9.05 Å². The summed E-state index contributed by atoms with van der Waals surface area (Å²) in [4.78, 5) is 3.10. The van der Waals surface area contributed by atoms with Crippen LogP contribution in [0.4, 0.5) is 0 Å². The zero-order valence-corrected chi connectivity index (χ0v) is 10.3. The maximum atomic E-state index is 11.4. The van der Waals surface area contributed by atoms with E-state index in [2.05, 4.69) is 4.98 Å². The lowest BCUT2D eigenvalue weighted by molar-refractivity contribution is 0.415. The fraction of sp³-hybridized carbons (Fsp3) is 0.200. The molecule has 0 aliphatic heterocycles. The molecule has 0 aliphatic rings. The molecule has 0 saturated heterocycles. The van der Waals surface area contributed by atoms with Gasteiger partial charge in [0, 0.05) is 27.8 Å². The fourth-order valence-electron chi connectivity index (χ4n) is 1.73. The normalized spacial score (nSPS) is 11.9. The molecule has 2 aromatic rings. The Bertz CT molecular complexity index is 645. The minimum absolute atomic E-state index is 0.131. The Hall–Kier alpha value is -1.20. The van der Waals surface area contributed by atoms with E-state index < -0.39 is 9.05 Å². The van der Waals surface area contributed by atoms with Gasteiger partial charge in [0.1, 0.15) is 10.6 Å². The van der Waals surface area contributed by atoms with Gasteiger partial charge in [-0.15, -0.1) is 0 Å². The van der Waals surface area contributed by atoms with Gasteiger partial charge in [-0.2, -0.15) is 0 Å². The summed E-state index contributed by atoms with van der Waals surface area (Å²) in [6.45, 7) is 1.67. The van der Waals surface area contributed by atoms with E-state index in [1.807, 2.05) is 0 Å². The number of aromatic amines is 1. The van der Waals surface area contributed by atoms with Crippen LogP contribution < -0.4 is 4.74 Å². The van der Waals surface area contributed by atoms with E-state index in [9.17, 15) is 8.42 Å². The molecule has 86 valence electrons. The number of hydrogen-bond acceptors (Lipinski definition) is 3. The Balaban J connectivity index is 2.82. The molecule has 0 bridgehead atoms. The molecular formula is C10H10ClNO3S. The predicted molar refractivity (Wildman–Crippen MR) is 62.6 cm³/mol. The monoisotopic (exact) mass is 259 g/mol. The SMILES string of the molecule is COc1ccc2c(S(=O)(=O)Cl)c(C)[nH]c2c1. The summed E-state index contributed by atoms with van der Waals surface area (Å²) < 4.78 is 27.8. The number of benzene rings is 1. The number of aryl methyl sites for hydroxylation is 1. The largest absolute Gasteiger partial charge is 0.497 e. The van der Waals surface area contributed by atoms with Crippen molar-refractivity contribution in [2.75, 3.05) is 7.11 Å². The molecule has 0 fully saturated rings. The summed E-state index contributed by atoms with van der Waals surface area (Å²) in [7, 11) is 3.19. The maximum Gasteiger partial charge on any atom is 0.263 e. The average molecular weight is 260 g/mol. The Morgan fingerprint density at radius 3 is 2.62 bits per heavy atom. The Kier molecular flexibility index (Phi) is 2.59. The molecule has 0 amide bonds. The molecule has 6 heteroatoms. The van der Waals surface area contributed by atoms with Crippen LogP contribution in [0.3, 0.4) is 0 Å². The van der Waals surface area contributed by atoms with Gasteiger partial charge < -0.3 is 9.72 Å². The van der Waals surface area contributed by atoms with Crippen molar-refractivity contribution in [1.29, 1.82) is 0 Å². The number of H-pyrrole nitrogens is 1. The Morgan fingerprint density at radius 1 is 1.38 bits per heavy atom. The molecule has 2 rings (SSSR count). The number of methoxy groups -OCH3 is 1. The smallest absolute Gasteiger partial charge is 0.263 e. The number of hydrogen-bond donors (Lipinski definition) is 1. The molecule has 0 radical (unpaired) electrons. The van der Waals surface area contributed by atoms with E-state index in [1.54, 1.807) is 32.2 Å². The summed E-state index contributed by atoms with van der Waals surface area (Å²) in [5.41, 5.74) is 1.22. The van der Waals surface area contributed by atoms with Crippen LogP contribution in [0.1, 0.15) is 5.69 Å². The van der Waals surface area contributed by atoms with Crippen molar-refractivity contribution in [2.24, 2.45) is 0 Å². The molecule has 1 heterocycles. The number of fused-ring (bicyclic) bond motifs is 1. The number of halogens is 1. The Morgan fingerprint density at radius 2 is 2.06 bits per heavy atom. The zero-order valence-electron chi connectivity index (χ0n) is 8.74. The molecule has 0 unspecified atom stereocenters. The quantitative estimate of drug-likeness (QED) is 0.843. The second-order valence-corrected chi connectivity index (χ2v) is 5.93. The molecule has 4 nitrogen and oxygen atoms in total. The lowest BCUT2D eigenvalue weighted by atomic mass is 10.2. The number of nitrogens with one attached hydrogen (secondary N) is 1. The van der Waals surface area contributed by atoms with Crippen LogP contribution in [0.25, 0.3) is 10.9 Å². The van der Waals surface area contributed by atoms with E-state index in [1.165, 1.54) is 0 Å². The first kappa shape index (κ1) is 11.3. The molecule has 1 aromatic carbocycles. The van der Waals surface area contributed by atoms with Crippen LogP contribution in [-0.4, -0.2) is 20.5 Å². The number of rotatable bonds is 2. The van der Waals surface area contributed by atoms with Gasteiger partial charge in [-0.05, 0) is 19.1 Å². The second kappa shape index (κ2) is 3.68. The van der Waals surface area contributed by atoms with Gasteiger partial charge in [0.15, 0.2) is 0 Å². The van der Waals surface area contributed by atoms with E-state index in [-0.39, 0.29) is 4.90 Å². The van der Waals surface area contributed by atoms with Crippen LogP contribution in [0.15, 0.2) is 23.1 Å². The third kappa shape index (κ3) is 1.76. The van der Waals surface area contributed by atoms with Gasteiger partial charge in [0.05, 0.1) is 12.6 Å². The van der Waals surface area contributed by atoms with Crippen LogP contribution in [0.2, 0.25) is 0 Å². The molecule has 0 atom stereocenters. The summed E-state index contributed by atoms with van der Waals surface area (Å²) in [6.07, 6.45) is 0. The molecule has 0 spiro atoms. The average Bonchev–Trinajstić information content (AvgIpc) is 2.51. The van der Waals surface area contributed by atoms with Crippen LogP contribution in [0.5, 0.6) is 5.75 Å². The minimum atomic E-state index is -3.74. The molecule has 1 N–H and O–H groups in total. The van der Waals surface area contributed by atoms with Gasteiger partial charge in [0.2, 0.25) is 0 Å². The first-order valence-electron chi connectivity index (χ1n) is 4.54. The summed E-state index contributed by atoms with van der Waals surface area (Å²) >= 11 is 0. The summed E-state index contributed by atoms with van der Waals surface area (Å²) in [5.74, 6) is 0.660. The van der Waals surface area contributed by atoms with E-state index in [4.69, 9.17) is 15.4 Å². The molecule has 0 saturated carbocycles. The molecule has 16 heavy (non-hydrogen) atoms. The lowest BCUT2D eigenvalue weighted by Gasteiger charge is -1.99. The van der Waals surface area contributed by atoms with Crippen molar-refractivity contribution in [2.45, 2.75) is 11.8 Å². The molecular weight excluding hydrogens is 250 g/mol. The molecule has 1 aromatic heterocycles. The molecule has 0 aliphatic carbocycles. The van der Waals surface area contributed by atoms with Crippen molar-refractivity contribution >= 4 is 30.6 Å². The summed E-state index contributed by atoms with van der Waals surface area (Å²) in [5, 5.41) is 0.577. The minimum Gasteiger partial charge on any atom is -0.497 e. The van der Waals surface area contributed by atoms with Gasteiger partial charge in [-0.3, -0.25) is 0 Å². The van der Waals surface area contributed by atoms with E-state index in [0.29, 0.717) is 22.3 Å². The van der Waals surface area contributed by atoms with Gasteiger partial charge in [0.25, 0.3) is 9.05 Å². The van der Waals surface area contributed by atoms with E-state index in [0.717, 1.165) is 0 Å². The van der Waals surface area contributed by atoms with Crippen molar-refractivity contribution in [1.82, 2.24) is 4.98 Å². The predicted octanol–water partition coefficient (Wildman–Crippen LogP) is 2.41. The van der Waals surface area contributed by atoms with E-state index >= 15 is 0 Å². The number of ether oxygens (including phenoxy) is 1. The van der Waals surface area contributed by atoms with Crippen molar-refractivity contribution in [3.63, 3.8) is 0 Å². The maximum absolute atomic E-state index is 11.4. The second-order valence-electron chi connectivity index (χ2n) is 3.43. The van der Waals surface area contributed by atoms with Crippen molar-refractivity contribution in [3.05, 3.63) is 23.9 Å². The standard InChI is InChI=1S/C10H10ClNO3S/c1-6-10(16(11,13)14)8-4-3-7(15-2)5-9(8)12-6/h3-5,12H,1-2H3. The van der Waals surface area contributed by atoms with Gasteiger partial charge in [-0.1, -0.05) is 0 Å². The third-order valence-corrected chi connectivity index (χ3v) is 3.85. The first-order chi connectivity index (χ1) is 7.43. The van der Waals surface area contributed by atoms with Gasteiger partial charge >= 0.3 is 0 Å². The number of aromatic nitrogens is 1. The highest BCUT2D eigenvalue weighted by atomic mass is 35.7. The highest BCUT2D eigenvalue weighted by molar-refractivity contribution is 8.14. The Labute approximate surface area is 97.6 Å². The first-order valence-corrected chi connectivity index (χ1v) is 6.85.